The van der Waals surface area contributed by atoms with Crippen LogP contribution in [0, 0.1) is 0 Å². The minimum Gasteiger partial charge on any atom is -0.374 e. The van der Waals surface area contributed by atoms with Gasteiger partial charge in [0.25, 0.3) is 5.56 Å². The number of fused-ring (bicyclic) bond motifs is 1. The Morgan fingerprint density at radius 2 is 1.71 bits per heavy atom. The van der Waals surface area contributed by atoms with Crippen molar-refractivity contribution in [3.05, 3.63) is 123 Å². The molecule has 5 rings (SSSR count). The van der Waals surface area contributed by atoms with Crippen molar-refractivity contribution in [3.63, 3.8) is 0 Å². The van der Waals surface area contributed by atoms with E-state index in [9.17, 15) is 9.90 Å². The zero-order valence-corrected chi connectivity index (χ0v) is 25.4. The van der Waals surface area contributed by atoms with Gasteiger partial charge in [0, 0.05) is 50.2 Å². The molecule has 0 bridgehead atoms. The molecule has 2 N–H and O–H groups in total. The largest absolute Gasteiger partial charge is 0.374 e. The quantitative estimate of drug-likeness (QED) is 0.206. The van der Waals surface area contributed by atoms with Crippen LogP contribution >= 0.6 is 11.6 Å². The number of rotatable bonds is 11. The summed E-state index contributed by atoms with van der Waals surface area (Å²) < 4.78 is 3.46. The number of aromatic nitrogens is 3. The van der Waals surface area contributed by atoms with E-state index in [4.69, 9.17) is 11.6 Å². The standard InChI is InChI=1S/C34H38ClN5O2/c1-5-40(6-2)17-16-36-21-24-10-12-26(13-11-24)34(42,32-22-37-23-38(32)3)27-14-15-31-30(19-27)29(20-33(41)39(31)4)25-8-7-9-28(35)18-25/h7-15,18-20,22-23,36,42H,5-6,16-17,21H2,1-4H3. The molecule has 0 fully saturated rings. The molecule has 0 aliphatic heterocycles. The molecule has 0 aliphatic rings. The van der Waals surface area contributed by atoms with Gasteiger partial charge in [-0.3, -0.25) is 4.79 Å². The lowest BCUT2D eigenvalue weighted by Crippen LogP contribution is -2.32. The van der Waals surface area contributed by atoms with Gasteiger partial charge >= 0.3 is 0 Å². The maximum absolute atomic E-state index is 12.9. The van der Waals surface area contributed by atoms with Gasteiger partial charge in [-0.15, -0.1) is 0 Å². The number of benzene rings is 3. The van der Waals surface area contributed by atoms with E-state index in [-0.39, 0.29) is 5.56 Å². The molecule has 3 aromatic carbocycles. The topological polar surface area (TPSA) is 75.3 Å². The fourth-order valence-corrected chi connectivity index (χ4v) is 5.81. The molecule has 7 nitrogen and oxygen atoms in total. The molecular weight excluding hydrogens is 546 g/mol. The van der Waals surface area contributed by atoms with Crippen molar-refractivity contribution in [1.82, 2.24) is 24.3 Å². The Balaban J connectivity index is 1.57. The Morgan fingerprint density at radius 1 is 0.976 bits per heavy atom. The minimum atomic E-state index is -1.49. The van der Waals surface area contributed by atoms with Crippen molar-refractivity contribution in [2.24, 2.45) is 14.1 Å². The second-order valence-electron chi connectivity index (χ2n) is 10.7. The van der Waals surface area contributed by atoms with Crippen LogP contribution in [0.2, 0.25) is 5.02 Å². The summed E-state index contributed by atoms with van der Waals surface area (Å²) in [5, 5.41) is 17.6. The van der Waals surface area contributed by atoms with E-state index in [0.717, 1.165) is 65.9 Å². The van der Waals surface area contributed by atoms with Gasteiger partial charge in [0.05, 0.1) is 23.7 Å². The Bertz CT molecular complexity index is 1740. The number of aryl methyl sites for hydroxylation is 2. The molecule has 0 spiro atoms. The summed E-state index contributed by atoms with van der Waals surface area (Å²) in [6.07, 6.45) is 3.39. The fourth-order valence-electron chi connectivity index (χ4n) is 5.62. The number of halogens is 1. The molecule has 0 saturated carbocycles. The third-order valence-corrected chi connectivity index (χ3v) is 8.42. The number of imidazole rings is 1. The summed E-state index contributed by atoms with van der Waals surface area (Å²) in [5.74, 6) is 0. The summed E-state index contributed by atoms with van der Waals surface area (Å²) in [5.41, 5.74) is 3.93. The highest BCUT2D eigenvalue weighted by Crippen LogP contribution is 2.39. The zero-order chi connectivity index (χ0) is 29.9. The third-order valence-electron chi connectivity index (χ3n) is 8.19. The lowest BCUT2D eigenvalue weighted by Gasteiger charge is -2.30. The Morgan fingerprint density at radius 3 is 2.38 bits per heavy atom. The van der Waals surface area contributed by atoms with Gasteiger partial charge in [0.1, 0.15) is 0 Å². The van der Waals surface area contributed by atoms with Crippen molar-refractivity contribution in [1.29, 1.82) is 0 Å². The van der Waals surface area contributed by atoms with Crippen LogP contribution < -0.4 is 10.9 Å². The van der Waals surface area contributed by atoms with Gasteiger partial charge in [0.15, 0.2) is 5.60 Å². The van der Waals surface area contributed by atoms with Gasteiger partial charge in [0.2, 0.25) is 0 Å². The van der Waals surface area contributed by atoms with Crippen LogP contribution in [-0.4, -0.2) is 50.3 Å². The molecule has 1 unspecified atom stereocenters. The van der Waals surface area contributed by atoms with Crippen LogP contribution in [0.5, 0.6) is 0 Å². The average molecular weight is 584 g/mol. The summed E-state index contributed by atoms with van der Waals surface area (Å²) >= 11 is 6.33. The van der Waals surface area contributed by atoms with Gasteiger partial charge in [-0.1, -0.05) is 67.9 Å². The van der Waals surface area contributed by atoms with E-state index < -0.39 is 5.60 Å². The first-order valence-electron chi connectivity index (χ1n) is 14.4. The van der Waals surface area contributed by atoms with Crippen molar-refractivity contribution < 1.29 is 5.11 Å². The molecule has 2 aromatic heterocycles. The Hall–Kier alpha value is -3.75. The summed E-state index contributed by atoms with van der Waals surface area (Å²) in [7, 11) is 3.64. The van der Waals surface area contributed by atoms with E-state index in [1.54, 1.807) is 30.2 Å². The molecule has 0 aliphatic carbocycles. The van der Waals surface area contributed by atoms with Crippen LogP contribution in [0.25, 0.3) is 22.0 Å². The lowest BCUT2D eigenvalue weighted by atomic mass is 9.82. The number of hydrogen-bond donors (Lipinski definition) is 2. The molecule has 0 radical (unpaired) electrons. The summed E-state index contributed by atoms with van der Waals surface area (Å²) in [6, 6.07) is 22.9. The van der Waals surface area contributed by atoms with Gasteiger partial charge in [-0.2, -0.15) is 0 Å². The molecule has 1 atom stereocenters. The molecule has 5 aromatic rings. The monoisotopic (exact) mass is 583 g/mol. The lowest BCUT2D eigenvalue weighted by molar-refractivity contribution is 0.117. The Kier molecular flexibility index (Phi) is 8.94. The number of pyridine rings is 1. The van der Waals surface area contributed by atoms with Crippen LogP contribution in [-0.2, 0) is 26.2 Å². The Labute approximate surface area is 252 Å². The van der Waals surface area contributed by atoms with E-state index >= 15 is 0 Å². The maximum atomic E-state index is 12.9. The molecule has 42 heavy (non-hydrogen) atoms. The number of hydrogen-bond acceptors (Lipinski definition) is 5. The van der Waals surface area contributed by atoms with Crippen LogP contribution in [0.4, 0.5) is 0 Å². The number of nitrogens with zero attached hydrogens (tertiary/aromatic N) is 4. The second-order valence-corrected chi connectivity index (χ2v) is 11.1. The predicted molar refractivity (Wildman–Crippen MR) is 171 cm³/mol. The number of aliphatic hydroxyl groups is 1. The highest BCUT2D eigenvalue weighted by molar-refractivity contribution is 6.30. The van der Waals surface area contributed by atoms with Crippen LogP contribution in [0.3, 0.4) is 0 Å². The second kappa shape index (κ2) is 12.6. The fraction of sp³-hybridized carbons (Fsp3) is 0.294. The number of likely N-dealkylation sites (N-methyl/N-ethyl adjacent to an activating group) is 1. The highest BCUT2D eigenvalue weighted by Gasteiger charge is 2.37. The molecule has 8 heteroatoms. The van der Waals surface area contributed by atoms with E-state index in [2.05, 4.69) is 41.2 Å². The molecular formula is C34H38ClN5O2. The molecule has 0 amide bonds. The van der Waals surface area contributed by atoms with Gasteiger partial charge < -0.3 is 24.5 Å². The van der Waals surface area contributed by atoms with Crippen molar-refractivity contribution in [2.75, 3.05) is 26.2 Å². The van der Waals surface area contributed by atoms with Crippen LogP contribution in [0.15, 0.2) is 90.1 Å². The van der Waals surface area contributed by atoms with E-state index in [1.807, 2.05) is 66.2 Å². The smallest absolute Gasteiger partial charge is 0.251 e. The SMILES string of the molecule is CCN(CC)CCNCc1ccc(C(O)(c2ccc3c(c2)c(-c2cccc(Cl)c2)cc(=O)n3C)c2cncn2C)cc1. The van der Waals surface area contributed by atoms with Gasteiger partial charge in [-0.05, 0) is 65.2 Å². The first kappa shape index (κ1) is 29.7. The first-order valence-corrected chi connectivity index (χ1v) is 14.8. The van der Waals surface area contributed by atoms with Crippen molar-refractivity contribution in [2.45, 2.75) is 26.0 Å². The zero-order valence-electron chi connectivity index (χ0n) is 24.6. The van der Waals surface area contributed by atoms with E-state index in [1.165, 1.54) is 0 Å². The number of nitrogens with one attached hydrogen (secondary N) is 1. The highest BCUT2D eigenvalue weighted by atomic mass is 35.5. The molecule has 0 saturated heterocycles. The first-order chi connectivity index (χ1) is 20.3. The average Bonchev–Trinajstić information content (AvgIpc) is 3.45. The normalized spacial score (nSPS) is 13.1. The maximum Gasteiger partial charge on any atom is 0.251 e. The third kappa shape index (κ3) is 5.78. The summed E-state index contributed by atoms with van der Waals surface area (Å²) in [4.78, 5) is 19.6. The molecule has 218 valence electrons. The van der Waals surface area contributed by atoms with Crippen LogP contribution in [0.1, 0.15) is 36.2 Å². The summed E-state index contributed by atoms with van der Waals surface area (Å²) in [6.45, 7) is 9.13. The van der Waals surface area contributed by atoms with Gasteiger partial charge in [-0.25, -0.2) is 4.98 Å². The van der Waals surface area contributed by atoms with E-state index in [0.29, 0.717) is 16.3 Å². The van der Waals surface area contributed by atoms with Crippen molar-refractivity contribution in [3.8, 4) is 11.1 Å². The van der Waals surface area contributed by atoms with Crippen molar-refractivity contribution >= 4 is 22.5 Å². The minimum absolute atomic E-state index is 0.117. The molecule has 2 heterocycles. The predicted octanol–water partition coefficient (Wildman–Crippen LogP) is 5.31.